The third-order valence-corrected chi connectivity index (χ3v) is 4.16. The number of benzene rings is 1. The first kappa shape index (κ1) is 13.5. The van der Waals surface area contributed by atoms with E-state index in [1.165, 1.54) is 22.3 Å². The number of hydrogen-bond donors (Lipinski definition) is 1. The molecule has 0 saturated carbocycles. The summed E-state index contributed by atoms with van der Waals surface area (Å²) in [7, 11) is 0. The Morgan fingerprint density at radius 1 is 1.44 bits per heavy atom. The first-order chi connectivity index (χ1) is 8.60. The molecule has 0 unspecified atom stereocenters. The maximum absolute atomic E-state index is 13.2. The van der Waals surface area contributed by atoms with Gasteiger partial charge in [0.2, 0.25) is 0 Å². The van der Waals surface area contributed by atoms with Gasteiger partial charge in [-0.2, -0.15) is 0 Å². The van der Waals surface area contributed by atoms with E-state index in [2.05, 4.69) is 27.8 Å². The van der Waals surface area contributed by atoms with Crippen LogP contribution in [0.5, 0.6) is 0 Å². The van der Waals surface area contributed by atoms with E-state index >= 15 is 0 Å². The summed E-state index contributed by atoms with van der Waals surface area (Å²) in [5.74, 6) is -0.239. The van der Waals surface area contributed by atoms with Gasteiger partial charge in [0, 0.05) is 11.3 Å². The minimum atomic E-state index is -0.239. The fraction of sp³-hybridized carbons (Fsp3) is 0.308. The fourth-order valence-corrected chi connectivity index (χ4v) is 3.15. The second kappa shape index (κ2) is 5.80. The quantitative estimate of drug-likeness (QED) is 0.914. The highest BCUT2D eigenvalue weighted by molar-refractivity contribution is 9.10. The average molecular weight is 329 g/mol. The van der Waals surface area contributed by atoms with E-state index in [9.17, 15) is 4.39 Å². The van der Waals surface area contributed by atoms with Crippen molar-refractivity contribution in [1.82, 2.24) is 4.98 Å². The Hall–Kier alpha value is -0.940. The van der Waals surface area contributed by atoms with Crippen LogP contribution in [-0.2, 0) is 12.8 Å². The highest BCUT2D eigenvalue weighted by Gasteiger charge is 2.10. The molecule has 1 aromatic carbocycles. The molecule has 0 radical (unpaired) electrons. The molecule has 18 heavy (non-hydrogen) atoms. The molecule has 2 N–H and O–H groups in total. The van der Waals surface area contributed by atoms with Gasteiger partial charge in [0.25, 0.3) is 0 Å². The minimum absolute atomic E-state index is 0.239. The maximum Gasteiger partial charge on any atom is 0.180 e. The van der Waals surface area contributed by atoms with Crippen molar-refractivity contribution in [2.75, 3.05) is 5.73 Å². The number of anilines is 1. The minimum Gasteiger partial charge on any atom is -0.375 e. The van der Waals surface area contributed by atoms with Crippen LogP contribution in [0, 0.1) is 5.82 Å². The summed E-state index contributed by atoms with van der Waals surface area (Å²) in [5.41, 5.74) is 7.88. The second-order valence-corrected chi connectivity index (χ2v) is 6.07. The summed E-state index contributed by atoms with van der Waals surface area (Å²) < 4.78 is 13.7. The maximum atomic E-state index is 13.2. The molecular weight excluding hydrogens is 315 g/mol. The molecule has 0 spiro atoms. The van der Waals surface area contributed by atoms with Crippen LogP contribution in [0.15, 0.2) is 22.7 Å². The lowest BCUT2D eigenvalue weighted by Gasteiger charge is -2.03. The molecule has 0 saturated heterocycles. The van der Waals surface area contributed by atoms with E-state index in [0.717, 1.165) is 30.5 Å². The number of thiazole rings is 1. The van der Waals surface area contributed by atoms with Gasteiger partial charge in [0.15, 0.2) is 5.13 Å². The Bertz CT molecular complexity index is 554. The Kier molecular flexibility index (Phi) is 4.35. The molecule has 0 aliphatic rings. The van der Waals surface area contributed by atoms with E-state index in [-0.39, 0.29) is 5.82 Å². The topological polar surface area (TPSA) is 38.9 Å². The van der Waals surface area contributed by atoms with Crippen molar-refractivity contribution in [1.29, 1.82) is 0 Å². The normalized spacial score (nSPS) is 10.8. The molecule has 0 aliphatic carbocycles. The van der Waals surface area contributed by atoms with Crippen molar-refractivity contribution in [2.24, 2.45) is 0 Å². The third-order valence-electron chi connectivity index (χ3n) is 2.63. The molecule has 0 bridgehead atoms. The predicted molar refractivity (Wildman–Crippen MR) is 77.4 cm³/mol. The first-order valence-electron chi connectivity index (χ1n) is 5.78. The number of halogens is 2. The van der Waals surface area contributed by atoms with Crippen LogP contribution in [0.2, 0.25) is 0 Å². The molecule has 2 aromatic rings. The number of nitrogens with two attached hydrogens (primary N) is 1. The van der Waals surface area contributed by atoms with Crippen LogP contribution in [0.4, 0.5) is 9.52 Å². The average Bonchev–Trinajstić information content (AvgIpc) is 2.65. The van der Waals surface area contributed by atoms with Crippen LogP contribution < -0.4 is 5.73 Å². The summed E-state index contributed by atoms with van der Waals surface area (Å²) in [6, 6.07) is 5.08. The van der Waals surface area contributed by atoms with Gasteiger partial charge in [-0.1, -0.05) is 19.4 Å². The van der Waals surface area contributed by atoms with Gasteiger partial charge >= 0.3 is 0 Å². The van der Waals surface area contributed by atoms with Crippen molar-refractivity contribution in [3.63, 3.8) is 0 Å². The number of hydrogen-bond acceptors (Lipinski definition) is 3. The third kappa shape index (κ3) is 3.09. The molecule has 96 valence electrons. The second-order valence-electron chi connectivity index (χ2n) is 4.10. The van der Waals surface area contributed by atoms with Crippen molar-refractivity contribution in [3.8, 4) is 0 Å². The standard InChI is InChI=1S/C13H14BrFN2S/c1-2-3-11-12(18-13(16)17-11)7-8-4-5-10(15)9(14)6-8/h4-6H,2-3,7H2,1H3,(H2,16,17). The van der Waals surface area contributed by atoms with Gasteiger partial charge < -0.3 is 5.73 Å². The number of aromatic nitrogens is 1. The summed E-state index contributed by atoms with van der Waals surface area (Å²) in [4.78, 5) is 5.52. The Balaban J connectivity index is 2.24. The highest BCUT2D eigenvalue weighted by Crippen LogP contribution is 2.26. The van der Waals surface area contributed by atoms with E-state index in [0.29, 0.717) is 9.60 Å². The summed E-state index contributed by atoms with van der Waals surface area (Å²) in [5, 5.41) is 0.606. The van der Waals surface area contributed by atoms with Crippen LogP contribution in [0.3, 0.4) is 0 Å². The number of rotatable bonds is 4. The fourth-order valence-electron chi connectivity index (χ4n) is 1.81. The molecule has 5 heteroatoms. The van der Waals surface area contributed by atoms with Gasteiger partial charge in [-0.05, 0) is 40.0 Å². The zero-order chi connectivity index (χ0) is 13.1. The number of nitrogens with zero attached hydrogens (tertiary/aromatic N) is 1. The van der Waals surface area contributed by atoms with Gasteiger partial charge in [0.05, 0.1) is 10.2 Å². The Labute approximate surface area is 118 Å². The van der Waals surface area contributed by atoms with E-state index in [1.807, 2.05) is 0 Å². The molecule has 0 atom stereocenters. The molecule has 1 heterocycles. The van der Waals surface area contributed by atoms with Crippen LogP contribution in [0.1, 0.15) is 29.5 Å². The molecule has 2 rings (SSSR count). The van der Waals surface area contributed by atoms with E-state index in [1.54, 1.807) is 12.1 Å². The van der Waals surface area contributed by atoms with Gasteiger partial charge in [-0.25, -0.2) is 9.37 Å². The molecule has 2 nitrogen and oxygen atoms in total. The van der Waals surface area contributed by atoms with Gasteiger partial charge in [-0.3, -0.25) is 0 Å². The SMILES string of the molecule is CCCc1nc(N)sc1Cc1ccc(F)c(Br)c1. The lowest BCUT2D eigenvalue weighted by Crippen LogP contribution is -1.93. The lowest BCUT2D eigenvalue weighted by atomic mass is 10.1. The van der Waals surface area contributed by atoms with Gasteiger partial charge in [-0.15, -0.1) is 11.3 Å². The van der Waals surface area contributed by atoms with Crippen LogP contribution in [0.25, 0.3) is 0 Å². The number of nitrogen functional groups attached to an aromatic ring is 1. The van der Waals surface area contributed by atoms with Crippen molar-refractivity contribution >= 4 is 32.4 Å². The Morgan fingerprint density at radius 2 is 2.22 bits per heavy atom. The van der Waals surface area contributed by atoms with Gasteiger partial charge in [0.1, 0.15) is 5.82 Å². The molecule has 0 fully saturated rings. The van der Waals surface area contributed by atoms with Crippen molar-refractivity contribution in [2.45, 2.75) is 26.2 Å². The zero-order valence-electron chi connectivity index (χ0n) is 10.0. The van der Waals surface area contributed by atoms with Crippen molar-refractivity contribution < 1.29 is 4.39 Å². The highest BCUT2D eigenvalue weighted by atomic mass is 79.9. The zero-order valence-corrected chi connectivity index (χ0v) is 12.4. The summed E-state index contributed by atoms with van der Waals surface area (Å²) in [6.07, 6.45) is 2.73. The predicted octanol–water partition coefficient (Wildman–Crippen LogP) is 4.17. The van der Waals surface area contributed by atoms with Crippen molar-refractivity contribution in [3.05, 3.63) is 44.6 Å². The monoisotopic (exact) mass is 328 g/mol. The lowest BCUT2D eigenvalue weighted by molar-refractivity contribution is 0.620. The number of aryl methyl sites for hydroxylation is 1. The van der Waals surface area contributed by atoms with E-state index < -0.39 is 0 Å². The molecular formula is C13H14BrFN2S. The Morgan fingerprint density at radius 3 is 2.89 bits per heavy atom. The summed E-state index contributed by atoms with van der Waals surface area (Å²) in [6.45, 7) is 2.12. The summed E-state index contributed by atoms with van der Waals surface area (Å²) >= 11 is 4.72. The molecule has 1 aromatic heterocycles. The first-order valence-corrected chi connectivity index (χ1v) is 7.39. The smallest absolute Gasteiger partial charge is 0.180 e. The van der Waals surface area contributed by atoms with E-state index in [4.69, 9.17) is 5.73 Å². The van der Waals surface area contributed by atoms with Crippen LogP contribution >= 0.6 is 27.3 Å². The largest absolute Gasteiger partial charge is 0.375 e. The van der Waals surface area contributed by atoms with Crippen LogP contribution in [-0.4, -0.2) is 4.98 Å². The molecule has 0 aliphatic heterocycles. The molecule has 0 amide bonds.